The maximum atomic E-state index is 12.9. The zero-order valence-corrected chi connectivity index (χ0v) is 15.3. The molecule has 1 fully saturated rings. The van der Waals surface area contributed by atoms with Crippen LogP contribution in [0.5, 0.6) is 0 Å². The first-order valence-electron chi connectivity index (χ1n) is 8.99. The van der Waals surface area contributed by atoms with Crippen LogP contribution in [0, 0.1) is 13.8 Å². The molecule has 0 aliphatic carbocycles. The molecule has 1 amide bonds. The van der Waals surface area contributed by atoms with Gasteiger partial charge in [0.1, 0.15) is 11.6 Å². The van der Waals surface area contributed by atoms with E-state index in [0.717, 1.165) is 29.9 Å². The lowest BCUT2D eigenvalue weighted by atomic mass is 10.1. The van der Waals surface area contributed by atoms with Crippen molar-refractivity contribution in [3.05, 3.63) is 65.6 Å². The molecular weight excluding hydrogens is 342 g/mol. The maximum Gasteiger partial charge on any atom is 0.292 e. The lowest BCUT2D eigenvalue weighted by Crippen LogP contribution is -2.30. The number of hydrogen-bond donors (Lipinski definition) is 1. The number of nitrogens with one attached hydrogen (secondary N) is 1. The van der Waals surface area contributed by atoms with E-state index >= 15 is 0 Å². The van der Waals surface area contributed by atoms with Crippen molar-refractivity contribution in [2.75, 3.05) is 11.9 Å². The third-order valence-electron chi connectivity index (χ3n) is 4.77. The van der Waals surface area contributed by atoms with Crippen LogP contribution in [0.3, 0.4) is 0 Å². The number of oxazole rings is 1. The second-order valence-electron chi connectivity index (χ2n) is 6.69. The van der Waals surface area contributed by atoms with Crippen molar-refractivity contribution in [3.63, 3.8) is 0 Å². The summed E-state index contributed by atoms with van der Waals surface area (Å²) in [5, 5.41) is 3.24. The van der Waals surface area contributed by atoms with Gasteiger partial charge in [0.2, 0.25) is 5.76 Å². The van der Waals surface area contributed by atoms with Gasteiger partial charge >= 0.3 is 0 Å². The van der Waals surface area contributed by atoms with E-state index in [1.165, 1.54) is 6.39 Å². The van der Waals surface area contributed by atoms with Crippen LogP contribution < -0.4 is 5.32 Å². The van der Waals surface area contributed by atoms with E-state index in [1.54, 1.807) is 13.1 Å². The molecule has 0 spiro atoms. The number of carbonyl (C=O) groups excluding carboxylic acids is 1. The van der Waals surface area contributed by atoms with E-state index < -0.39 is 0 Å². The molecule has 1 saturated heterocycles. The average molecular weight is 363 g/mol. The summed E-state index contributed by atoms with van der Waals surface area (Å²) >= 11 is 0. The molecule has 0 aromatic carbocycles. The molecule has 138 valence electrons. The first-order chi connectivity index (χ1) is 13.1. The number of pyridine rings is 2. The zero-order chi connectivity index (χ0) is 18.8. The summed E-state index contributed by atoms with van der Waals surface area (Å²) < 4.78 is 5.30. The molecule has 1 aliphatic heterocycles. The molecule has 0 saturated carbocycles. The first-order valence-corrected chi connectivity index (χ1v) is 8.99. The van der Waals surface area contributed by atoms with Gasteiger partial charge in [-0.05, 0) is 56.5 Å². The number of rotatable bonds is 4. The minimum absolute atomic E-state index is 0.00369. The van der Waals surface area contributed by atoms with Gasteiger partial charge in [-0.25, -0.2) is 15.0 Å². The van der Waals surface area contributed by atoms with E-state index in [0.29, 0.717) is 23.8 Å². The van der Waals surface area contributed by atoms with Crippen molar-refractivity contribution in [2.24, 2.45) is 0 Å². The Morgan fingerprint density at radius 3 is 2.89 bits per heavy atom. The fraction of sp³-hybridized carbons (Fsp3) is 0.300. The SMILES string of the molecule is Cc1cccc(Nc2cc(C3CCCN3C(=O)c3ocnc3C)ccn2)n1. The highest BCUT2D eigenvalue weighted by Gasteiger charge is 2.33. The molecule has 1 N–H and O–H groups in total. The summed E-state index contributed by atoms with van der Waals surface area (Å²) in [7, 11) is 0. The lowest BCUT2D eigenvalue weighted by Gasteiger charge is -2.24. The van der Waals surface area contributed by atoms with Crippen molar-refractivity contribution in [3.8, 4) is 0 Å². The molecule has 3 aromatic rings. The van der Waals surface area contributed by atoms with Crippen LogP contribution in [0.25, 0.3) is 0 Å². The molecule has 7 heteroatoms. The third-order valence-corrected chi connectivity index (χ3v) is 4.77. The fourth-order valence-electron chi connectivity index (χ4n) is 3.46. The molecule has 27 heavy (non-hydrogen) atoms. The van der Waals surface area contributed by atoms with Gasteiger partial charge in [0.15, 0.2) is 6.39 Å². The maximum absolute atomic E-state index is 12.9. The van der Waals surface area contributed by atoms with Gasteiger partial charge in [-0.15, -0.1) is 0 Å². The smallest absolute Gasteiger partial charge is 0.292 e. The second kappa shape index (κ2) is 7.19. The van der Waals surface area contributed by atoms with Gasteiger partial charge < -0.3 is 14.6 Å². The van der Waals surface area contributed by atoms with Crippen LogP contribution in [0.15, 0.2) is 47.3 Å². The molecule has 4 heterocycles. The van der Waals surface area contributed by atoms with Crippen LogP contribution in [0.1, 0.15) is 46.4 Å². The largest absolute Gasteiger partial charge is 0.438 e. The summed E-state index contributed by atoms with van der Waals surface area (Å²) in [6.07, 6.45) is 4.93. The number of aromatic nitrogens is 3. The van der Waals surface area contributed by atoms with Crippen molar-refractivity contribution in [1.82, 2.24) is 19.9 Å². The highest BCUT2D eigenvalue weighted by molar-refractivity contribution is 5.92. The summed E-state index contributed by atoms with van der Waals surface area (Å²) in [5.74, 6) is 1.66. The van der Waals surface area contributed by atoms with Crippen molar-refractivity contribution in [1.29, 1.82) is 0 Å². The standard InChI is InChI=1S/C20H21N5O2/c1-13-5-3-7-17(23-13)24-18-11-15(8-9-21-18)16-6-4-10-25(16)20(26)19-14(2)22-12-27-19/h3,5,7-9,11-12,16H,4,6,10H2,1-2H3,(H,21,23,24). The van der Waals surface area contributed by atoms with Crippen LogP contribution in [-0.4, -0.2) is 32.3 Å². The average Bonchev–Trinajstić information content (AvgIpc) is 3.30. The predicted molar refractivity (Wildman–Crippen MR) is 101 cm³/mol. The van der Waals surface area contributed by atoms with Crippen LogP contribution in [0.2, 0.25) is 0 Å². The quantitative estimate of drug-likeness (QED) is 0.759. The molecule has 0 radical (unpaired) electrons. The normalized spacial score (nSPS) is 16.5. The monoisotopic (exact) mass is 363 g/mol. The Hall–Kier alpha value is -3.22. The van der Waals surface area contributed by atoms with Gasteiger partial charge in [0.05, 0.1) is 11.7 Å². The zero-order valence-electron chi connectivity index (χ0n) is 15.3. The number of nitrogens with zero attached hydrogens (tertiary/aromatic N) is 4. The number of carbonyl (C=O) groups is 1. The van der Waals surface area contributed by atoms with E-state index in [9.17, 15) is 4.79 Å². The van der Waals surface area contributed by atoms with Crippen LogP contribution >= 0.6 is 0 Å². The Bertz CT molecular complexity index is 968. The van der Waals surface area contributed by atoms with E-state index in [1.807, 2.05) is 42.2 Å². The van der Waals surface area contributed by atoms with Gasteiger partial charge in [0, 0.05) is 18.4 Å². The Morgan fingerprint density at radius 1 is 1.22 bits per heavy atom. The van der Waals surface area contributed by atoms with E-state index in [2.05, 4.69) is 20.3 Å². The minimum atomic E-state index is -0.112. The second-order valence-corrected chi connectivity index (χ2v) is 6.69. The topological polar surface area (TPSA) is 84.2 Å². The number of anilines is 2. The molecule has 1 aliphatic rings. The molecule has 4 rings (SSSR count). The molecule has 7 nitrogen and oxygen atoms in total. The third kappa shape index (κ3) is 3.53. The van der Waals surface area contributed by atoms with Crippen LogP contribution in [0.4, 0.5) is 11.6 Å². The summed E-state index contributed by atoms with van der Waals surface area (Å²) in [5.41, 5.74) is 2.60. The number of aryl methyl sites for hydroxylation is 2. The molecule has 0 bridgehead atoms. The first kappa shape index (κ1) is 17.2. The Balaban J connectivity index is 1.57. The number of likely N-dealkylation sites (tertiary alicyclic amines) is 1. The summed E-state index contributed by atoms with van der Waals surface area (Å²) in [6.45, 7) is 4.43. The van der Waals surface area contributed by atoms with Gasteiger partial charge in [-0.1, -0.05) is 6.07 Å². The highest BCUT2D eigenvalue weighted by atomic mass is 16.3. The number of hydrogen-bond acceptors (Lipinski definition) is 6. The summed E-state index contributed by atoms with van der Waals surface area (Å²) in [4.78, 5) is 27.6. The van der Waals surface area contributed by atoms with E-state index in [-0.39, 0.29) is 11.9 Å². The molecule has 1 unspecified atom stereocenters. The minimum Gasteiger partial charge on any atom is -0.438 e. The van der Waals surface area contributed by atoms with Crippen LogP contribution in [-0.2, 0) is 0 Å². The Labute approximate surface area is 157 Å². The van der Waals surface area contributed by atoms with Gasteiger partial charge in [0.25, 0.3) is 5.91 Å². The summed E-state index contributed by atoms with van der Waals surface area (Å²) in [6, 6.07) is 9.73. The predicted octanol–water partition coefficient (Wildman–Crippen LogP) is 3.80. The Morgan fingerprint density at radius 2 is 2.11 bits per heavy atom. The van der Waals surface area contributed by atoms with Crippen molar-refractivity contribution < 1.29 is 9.21 Å². The molecular formula is C20H21N5O2. The number of amides is 1. The molecule has 3 aromatic heterocycles. The van der Waals surface area contributed by atoms with Crippen molar-refractivity contribution >= 4 is 17.5 Å². The van der Waals surface area contributed by atoms with E-state index in [4.69, 9.17) is 4.42 Å². The van der Waals surface area contributed by atoms with Gasteiger partial charge in [-0.3, -0.25) is 4.79 Å². The van der Waals surface area contributed by atoms with Crippen molar-refractivity contribution in [2.45, 2.75) is 32.7 Å². The Kier molecular flexibility index (Phi) is 4.58. The lowest BCUT2D eigenvalue weighted by molar-refractivity contribution is 0.0702. The highest BCUT2D eigenvalue weighted by Crippen LogP contribution is 2.34. The van der Waals surface area contributed by atoms with Gasteiger partial charge in [-0.2, -0.15) is 0 Å². The molecule has 1 atom stereocenters. The fourth-order valence-corrected chi connectivity index (χ4v) is 3.46.